The average Bonchev–Trinajstić information content (AvgIpc) is 3.21. The maximum Gasteiger partial charge on any atom is 0.305 e. The molecule has 1 saturated carbocycles. The molecule has 1 N–H and O–H groups in total. The molecule has 106 valence electrons. The van der Waals surface area contributed by atoms with Gasteiger partial charge < -0.3 is 10.0 Å². The van der Waals surface area contributed by atoms with Crippen LogP contribution in [-0.4, -0.2) is 34.5 Å². The fraction of sp³-hybridized carbons (Fsp3) is 0.333. The van der Waals surface area contributed by atoms with Crippen LogP contribution >= 0.6 is 15.9 Å². The number of halogens is 1. The Balaban J connectivity index is 1.99. The second-order valence-corrected chi connectivity index (χ2v) is 5.71. The Kier molecular flexibility index (Phi) is 4.95. The Hall–Kier alpha value is -1.62. The first-order valence-electron chi connectivity index (χ1n) is 6.52. The molecule has 1 aliphatic rings. The molecule has 0 bridgehead atoms. The highest BCUT2D eigenvalue weighted by molar-refractivity contribution is 9.10. The van der Waals surface area contributed by atoms with Gasteiger partial charge in [-0.05, 0) is 36.6 Å². The number of nitrogens with zero attached hydrogens (tertiary/aromatic N) is 1. The van der Waals surface area contributed by atoms with Gasteiger partial charge in [0.1, 0.15) is 0 Å². The second kappa shape index (κ2) is 6.70. The van der Waals surface area contributed by atoms with Gasteiger partial charge in [-0.15, -0.1) is 0 Å². The largest absolute Gasteiger partial charge is 0.481 e. The Morgan fingerprint density at radius 1 is 1.40 bits per heavy atom. The van der Waals surface area contributed by atoms with Crippen molar-refractivity contribution < 1.29 is 14.7 Å². The van der Waals surface area contributed by atoms with E-state index in [0.717, 1.165) is 22.9 Å². The van der Waals surface area contributed by atoms with Gasteiger partial charge in [0.2, 0.25) is 5.91 Å². The van der Waals surface area contributed by atoms with Crippen LogP contribution < -0.4 is 0 Å². The van der Waals surface area contributed by atoms with Crippen LogP contribution in [0.1, 0.15) is 24.8 Å². The van der Waals surface area contributed by atoms with E-state index in [1.807, 2.05) is 24.3 Å². The molecule has 20 heavy (non-hydrogen) atoms. The number of carbonyl (C=O) groups excluding carboxylic acids is 1. The summed E-state index contributed by atoms with van der Waals surface area (Å²) in [4.78, 5) is 24.4. The smallest absolute Gasteiger partial charge is 0.305 e. The van der Waals surface area contributed by atoms with Crippen molar-refractivity contribution in [1.82, 2.24) is 4.90 Å². The van der Waals surface area contributed by atoms with Crippen LogP contribution in [0, 0.1) is 0 Å². The maximum atomic E-state index is 12.1. The highest BCUT2D eigenvalue weighted by Gasteiger charge is 2.31. The number of carbonyl (C=O) groups is 2. The van der Waals surface area contributed by atoms with Crippen molar-refractivity contribution in [3.8, 4) is 0 Å². The predicted octanol–water partition coefficient (Wildman–Crippen LogP) is 2.93. The molecule has 4 nitrogen and oxygen atoms in total. The minimum Gasteiger partial charge on any atom is -0.481 e. The molecule has 0 saturated heterocycles. The lowest BCUT2D eigenvalue weighted by Gasteiger charge is -2.19. The number of benzene rings is 1. The highest BCUT2D eigenvalue weighted by atomic mass is 79.9. The number of hydrogen-bond acceptors (Lipinski definition) is 2. The molecule has 0 spiro atoms. The predicted molar refractivity (Wildman–Crippen MR) is 80.2 cm³/mol. The van der Waals surface area contributed by atoms with Gasteiger partial charge in [0.05, 0.1) is 6.42 Å². The van der Waals surface area contributed by atoms with Crippen molar-refractivity contribution in [3.05, 3.63) is 40.4 Å². The van der Waals surface area contributed by atoms with Crippen LogP contribution in [0.15, 0.2) is 34.8 Å². The SMILES string of the molecule is O=C(O)CCN(C(=O)/C=C/c1cccc(Br)c1)C1CC1. The molecule has 0 atom stereocenters. The fourth-order valence-corrected chi connectivity index (χ4v) is 2.37. The summed E-state index contributed by atoms with van der Waals surface area (Å²) in [6, 6.07) is 7.87. The lowest BCUT2D eigenvalue weighted by atomic mass is 10.2. The number of rotatable bonds is 6. The number of carboxylic acids is 1. The molecule has 0 radical (unpaired) electrons. The normalized spacial score (nSPS) is 14.4. The summed E-state index contributed by atoms with van der Waals surface area (Å²) >= 11 is 3.38. The van der Waals surface area contributed by atoms with Crippen LogP contribution in [0.4, 0.5) is 0 Å². The zero-order chi connectivity index (χ0) is 14.5. The molecule has 2 rings (SSSR count). The van der Waals surface area contributed by atoms with E-state index >= 15 is 0 Å². The Bertz CT molecular complexity index is 538. The van der Waals surface area contributed by atoms with Crippen molar-refractivity contribution in [2.24, 2.45) is 0 Å². The fourth-order valence-electron chi connectivity index (χ4n) is 1.95. The minimum atomic E-state index is -0.876. The molecule has 0 unspecified atom stereocenters. The van der Waals surface area contributed by atoms with Gasteiger partial charge >= 0.3 is 5.97 Å². The standard InChI is InChI=1S/C15H16BrNO3/c16-12-3-1-2-11(10-12)4-7-14(18)17(13-5-6-13)9-8-15(19)20/h1-4,7,10,13H,5-6,8-9H2,(H,19,20)/b7-4+. The summed E-state index contributed by atoms with van der Waals surface area (Å²) in [5.41, 5.74) is 0.932. The van der Waals surface area contributed by atoms with Crippen molar-refractivity contribution in [3.63, 3.8) is 0 Å². The molecule has 1 aromatic carbocycles. The molecular weight excluding hydrogens is 322 g/mol. The van der Waals surface area contributed by atoms with Crippen LogP contribution in [-0.2, 0) is 9.59 Å². The summed E-state index contributed by atoms with van der Waals surface area (Å²) in [6.07, 6.45) is 5.20. The summed E-state index contributed by atoms with van der Waals surface area (Å²) in [5.74, 6) is -0.992. The number of aliphatic carboxylic acids is 1. The molecule has 1 fully saturated rings. The van der Waals surface area contributed by atoms with Crippen molar-refractivity contribution in [2.75, 3.05) is 6.54 Å². The first-order valence-corrected chi connectivity index (χ1v) is 7.31. The Morgan fingerprint density at radius 3 is 2.75 bits per heavy atom. The van der Waals surface area contributed by atoms with Crippen LogP contribution in [0.2, 0.25) is 0 Å². The molecule has 1 amide bonds. The van der Waals surface area contributed by atoms with Crippen LogP contribution in [0.25, 0.3) is 6.08 Å². The monoisotopic (exact) mass is 337 g/mol. The maximum absolute atomic E-state index is 12.1. The number of hydrogen-bond donors (Lipinski definition) is 1. The van der Waals surface area contributed by atoms with Crippen LogP contribution in [0.5, 0.6) is 0 Å². The quantitative estimate of drug-likeness (QED) is 0.812. The van der Waals surface area contributed by atoms with Crippen molar-refractivity contribution in [1.29, 1.82) is 0 Å². The topological polar surface area (TPSA) is 57.6 Å². The van der Waals surface area contributed by atoms with E-state index < -0.39 is 5.97 Å². The van der Waals surface area contributed by atoms with Gasteiger partial charge in [0, 0.05) is 23.1 Å². The third-order valence-corrected chi connectivity index (χ3v) is 3.60. The zero-order valence-electron chi connectivity index (χ0n) is 11.0. The molecule has 0 aliphatic heterocycles. The average molecular weight is 338 g/mol. The minimum absolute atomic E-state index is 0.00698. The molecule has 1 aliphatic carbocycles. The molecule has 5 heteroatoms. The second-order valence-electron chi connectivity index (χ2n) is 4.79. The van der Waals surface area contributed by atoms with E-state index in [0.29, 0.717) is 0 Å². The third kappa shape index (κ3) is 4.49. The van der Waals surface area contributed by atoms with E-state index in [9.17, 15) is 9.59 Å². The van der Waals surface area contributed by atoms with Gasteiger partial charge in [-0.25, -0.2) is 0 Å². The third-order valence-electron chi connectivity index (χ3n) is 3.10. The van der Waals surface area contributed by atoms with Crippen molar-refractivity contribution in [2.45, 2.75) is 25.3 Å². The number of carboxylic acid groups (broad SMARTS) is 1. The Labute approximate surface area is 126 Å². The van der Waals surface area contributed by atoms with E-state index in [1.54, 1.807) is 11.0 Å². The summed E-state index contributed by atoms with van der Waals surface area (Å²) < 4.78 is 0.956. The van der Waals surface area contributed by atoms with Gasteiger partial charge in [0.15, 0.2) is 0 Å². The Morgan fingerprint density at radius 2 is 2.15 bits per heavy atom. The van der Waals surface area contributed by atoms with Gasteiger partial charge in [-0.2, -0.15) is 0 Å². The molecule has 0 aromatic heterocycles. The highest BCUT2D eigenvalue weighted by Crippen LogP contribution is 2.27. The van der Waals surface area contributed by atoms with Crippen LogP contribution in [0.3, 0.4) is 0 Å². The summed E-state index contributed by atoms with van der Waals surface area (Å²) in [7, 11) is 0. The van der Waals surface area contributed by atoms with E-state index in [-0.39, 0.29) is 24.9 Å². The lowest BCUT2D eigenvalue weighted by Crippen LogP contribution is -2.33. The van der Waals surface area contributed by atoms with Gasteiger partial charge in [0.25, 0.3) is 0 Å². The van der Waals surface area contributed by atoms with Gasteiger partial charge in [-0.3, -0.25) is 9.59 Å². The number of amides is 1. The van der Waals surface area contributed by atoms with Gasteiger partial charge in [-0.1, -0.05) is 28.1 Å². The summed E-state index contributed by atoms with van der Waals surface area (Å²) in [6.45, 7) is 0.279. The summed E-state index contributed by atoms with van der Waals surface area (Å²) in [5, 5.41) is 8.72. The van der Waals surface area contributed by atoms with E-state index in [4.69, 9.17) is 5.11 Å². The lowest BCUT2D eigenvalue weighted by molar-refractivity contribution is -0.138. The molecular formula is C15H16BrNO3. The van der Waals surface area contributed by atoms with E-state index in [1.165, 1.54) is 6.08 Å². The zero-order valence-corrected chi connectivity index (χ0v) is 12.5. The van der Waals surface area contributed by atoms with E-state index in [2.05, 4.69) is 15.9 Å². The first-order chi connectivity index (χ1) is 9.56. The molecule has 0 heterocycles. The molecule has 1 aromatic rings. The first kappa shape index (κ1) is 14.8. The van der Waals surface area contributed by atoms with Crippen molar-refractivity contribution >= 4 is 33.9 Å².